The van der Waals surface area contributed by atoms with E-state index < -0.39 is 11.9 Å². The van der Waals surface area contributed by atoms with Crippen LogP contribution in [-0.4, -0.2) is 36.6 Å². The smallest absolute Gasteiger partial charge is 0.396 e. The minimum atomic E-state index is -4.47. The van der Waals surface area contributed by atoms with Crippen molar-refractivity contribution in [2.45, 2.75) is 26.1 Å². The van der Waals surface area contributed by atoms with Gasteiger partial charge in [-0.3, -0.25) is 0 Å². The largest absolute Gasteiger partial charge is 0.433 e. The van der Waals surface area contributed by atoms with E-state index >= 15 is 0 Å². The van der Waals surface area contributed by atoms with Gasteiger partial charge in [0.15, 0.2) is 0 Å². The van der Waals surface area contributed by atoms with Crippen molar-refractivity contribution in [3.63, 3.8) is 0 Å². The highest BCUT2D eigenvalue weighted by molar-refractivity contribution is 5.66. The van der Waals surface area contributed by atoms with Gasteiger partial charge in [-0.2, -0.15) is 13.2 Å². The summed E-state index contributed by atoms with van der Waals surface area (Å²) in [4.78, 5) is 5.29. The van der Waals surface area contributed by atoms with E-state index in [0.717, 1.165) is 12.3 Å². The molecule has 0 aliphatic rings. The average Bonchev–Trinajstić information content (AvgIpc) is 2.28. The highest BCUT2D eigenvalue weighted by Gasteiger charge is 2.33. The number of anilines is 2. The van der Waals surface area contributed by atoms with E-state index in [1.54, 1.807) is 0 Å². The number of nitrogen functional groups attached to an aromatic ring is 1. The maximum atomic E-state index is 12.7. The molecule has 0 amide bonds. The standard InChI is InChI=1S/C13H21F3N4/c1-8(2)11(7-20(3)4)19-10-5-12(13(14,15)16)18-6-9(10)17/h5-6,8,11H,7,17H2,1-4H3,(H,18,19). The molecule has 1 unspecified atom stereocenters. The second kappa shape index (κ2) is 6.30. The fourth-order valence-corrected chi connectivity index (χ4v) is 1.76. The van der Waals surface area contributed by atoms with Gasteiger partial charge in [-0.1, -0.05) is 13.8 Å². The summed E-state index contributed by atoms with van der Waals surface area (Å²) in [6, 6.07) is 0.955. The van der Waals surface area contributed by atoms with Crippen LogP contribution in [0.5, 0.6) is 0 Å². The lowest BCUT2D eigenvalue weighted by molar-refractivity contribution is -0.141. The molecule has 1 heterocycles. The molecule has 7 heteroatoms. The normalized spacial score (nSPS) is 13.8. The molecular formula is C13H21F3N4. The average molecular weight is 290 g/mol. The molecule has 114 valence electrons. The lowest BCUT2D eigenvalue weighted by Crippen LogP contribution is -2.36. The van der Waals surface area contributed by atoms with Gasteiger partial charge in [-0.05, 0) is 26.1 Å². The number of hydrogen-bond acceptors (Lipinski definition) is 4. The Balaban J connectivity index is 3.00. The van der Waals surface area contributed by atoms with Gasteiger partial charge >= 0.3 is 6.18 Å². The molecular weight excluding hydrogens is 269 g/mol. The molecule has 0 saturated carbocycles. The Kier molecular flexibility index (Phi) is 5.21. The van der Waals surface area contributed by atoms with E-state index in [0.29, 0.717) is 6.54 Å². The number of nitrogens with zero attached hydrogens (tertiary/aromatic N) is 2. The molecule has 0 aliphatic heterocycles. The molecule has 0 bridgehead atoms. The molecule has 1 aromatic rings. The molecule has 1 atom stereocenters. The third-order valence-electron chi connectivity index (χ3n) is 2.93. The van der Waals surface area contributed by atoms with Crippen LogP contribution in [0, 0.1) is 5.92 Å². The molecule has 4 nitrogen and oxygen atoms in total. The maximum Gasteiger partial charge on any atom is 0.433 e. The van der Waals surface area contributed by atoms with Crippen LogP contribution in [0.25, 0.3) is 0 Å². The summed E-state index contributed by atoms with van der Waals surface area (Å²) < 4.78 is 38.0. The summed E-state index contributed by atoms with van der Waals surface area (Å²) in [6.07, 6.45) is -3.43. The Hall–Kier alpha value is -1.50. The molecule has 1 aromatic heterocycles. The predicted molar refractivity (Wildman–Crippen MR) is 74.5 cm³/mol. The molecule has 0 aliphatic carbocycles. The number of nitrogens with two attached hydrogens (primary N) is 1. The van der Waals surface area contributed by atoms with Gasteiger partial charge in [0.25, 0.3) is 0 Å². The van der Waals surface area contributed by atoms with Crippen LogP contribution in [0.2, 0.25) is 0 Å². The number of aromatic nitrogens is 1. The SMILES string of the molecule is CC(C)C(CN(C)C)Nc1cc(C(F)(F)F)ncc1N. The zero-order valence-electron chi connectivity index (χ0n) is 12.1. The van der Waals surface area contributed by atoms with Gasteiger partial charge in [0, 0.05) is 12.6 Å². The molecule has 0 radical (unpaired) electrons. The van der Waals surface area contributed by atoms with E-state index in [-0.39, 0.29) is 23.3 Å². The quantitative estimate of drug-likeness (QED) is 0.875. The van der Waals surface area contributed by atoms with E-state index in [1.165, 1.54) is 0 Å². The number of rotatable bonds is 5. The number of nitrogens with one attached hydrogen (secondary N) is 1. The predicted octanol–water partition coefficient (Wildman–Crippen LogP) is 2.68. The molecule has 0 spiro atoms. The van der Waals surface area contributed by atoms with E-state index in [4.69, 9.17) is 5.73 Å². The Labute approximate surface area is 117 Å². The Morgan fingerprint density at radius 3 is 2.40 bits per heavy atom. The van der Waals surface area contributed by atoms with Crippen molar-refractivity contribution in [3.05, 3.63) is 18.0 Å². The Morgan fingerprint density at radius 1 is 1.35 bits per heavy atom. The minimum Gasteiger partial charge on any atom is -0.396 e. The van der Waals surface area contributed by atoms with Gasteiger partial charge in [-0.25, -0.2) is 4.98 Å². The third-order valence-corrected chi connectivity index (χ3v) is 2.93. The molecule has 0 aromatic carbocycles. The lowest BCUT2D eigenvalue weighted by atomic mass is 10.0. The Bertz CT molecular complexity index is 444. The summed E-state index contributed by atoms with van der Waals surface area (Å²) in [7, 11) is 3.82. The van der Waals surface area contributed by atoms with Gasteiger partial charge in [0.2, 0.25) is 0 Å². The van der Waals surface area contributed by atoms with Crippen molar-refractivity contribution in [2.24, 2.45) is 5.92 Å². The van der Waals surface area contributed by atoms with Crippen molar-refractivity contribution in [1.29, 1.82) is 0 Å². The Morgan fingerprint density at radius 2 is 1.95 bits per heavy atom. The topological polar surface area (TPSA) is 54.2 Å². The van der Waals surface area contributed by atoms with Gasteiger partial charge in [0.1, 0.15) is 5.69 Å². The zero-order chi connectivity index (χ0) is 15.5. The summed E-state index contributed by atoms with van der Waals surface area (Å²) in [5.41, 5.74) is 5.24. The van der Waals surface area contributed by atoms with Crippen LogP contribution < -0.4 is 11.1 Å². The molecule has 0 fully saturated rings. The minimum absolute atomic E-state index is 0.00390. The maximum absolute atomic E-state index is 12.7. The first-order chi connectivity index (χ1) is 9.11. The third kappa shape index (κ3) is 4.56. The van der Waals surface area contributed by atoms with Crippen LogP contribution in [0.1, 0.15) is 19.5 Å². The summed E-state index contributed by atoms with van der Waals surface area (Å²) in [6.45, 7) is 4.70. The highest BCUT2D eigenvalue weighted by Crippen LogP contribution is 2.31. The van der Waals surface area contributed by atoms with Crippen molar-refractivity contribution in [1.82, 2.24) is 9.88 Å². The number of pyridine rings is 1. The lowest BCUT2D eigenvalue weighted by Gasteiger charge is -2.27. The van der Waals surface area contributed by atoms with Crippen molar-refractivity contribution < 1.29 is 13.2 Å². The molecule has 3 N–H and O–H groups in total. The highest BCUT2D eigenvalue weighted by atomic mass is 19.4. The van der Waals surface area contributed by atoms with Gasteiger partial charge in [0.05, 0.1) is 17.6 Å². The van der Waals surface area contributed by atoms with Gasteiger partial charge in [-0.15, -0.1) is 0 Å². The second-order valence-corrected chi connectivity index (χ2v) is 5.41. The monoisotopic (exact) mass is 290 g/mol. The molecule has 20 heavy (non-hydrogen) atoms. The number of alkyl halides is 3. The van der Waals surface area contributed by atoms with Crippen LogP contribution >= 0.6 is 0 Å². The molecule has 0 saturated heterocycles. The van der Waals surface area contributed by atoms with Crippen LogP contribution in [0.3, 0.4) is 0 Å². The molecule has 1 rings (SSSR count). The van der Waals surface area contributed by atoms with Crippen molar-refractivity contribution in [2.75, 3.05) is 31.7 Å². The van der Waals surface area contributed by atoms with E-state index in [1.807, 2.05) is 32.8 Å². The first-order valence-corrected chi connectivity index (χ1v) is 6.35. The van der Waals surface area contributed by atoms with Crippen LogP contribution in [0.15, 0.2) is 12.3 Å². The van der Waals surface area contributed by atoms with Gasteiger partial charge < -0.3 is 16.0 Å². The number of likely N-dealkylation sites (N-methyl/N-ethyl adjacent to an activating group) is 1. The number of halogens is 3. The first kappa shape index (κ1) is 16.6. The summed E-state index contributed by atoms with van der Waals surface area (Å²) in [5, 5.41) is 3.08. The summed E-state index contributed by atoms with van der Waals surface area (Å²) in [5.74, 6) is 0.249. The van der Waals surface area contributed by atoms with Crippen LogP contribution in [-0.2, 0) is 6.18 Å². The van der Waals surface area contributed by atoms with E-state index in [2.05, 4.69) is 10.3 Å². The van der Waals surface area contributed by atoms with Crippen molar-refractivity contribution >= 4 is 11.4 Å². The second-order valence-electron chi connectivity index (χ2n) is 5.41. The van der Waals surface area contributed by atoms with Crippen molar-refractivity contribution in [3.8, 4) is 0 Å². The van der Waals surface area contributed by atoms with Crippen LogP contribution in [0.4, 0.5) is 24.5 Å². The number of hydrogen-bond donors (Lipinski definition) is 2. The van der Waals surface area contributed by atoms with E-state index in [9.17, 15) is 13.2 Å². The fourth-order valence-electron chi connectivity index (χ4n) is 1.76. The fraction of sp³-hybridized carbons (Fsp3) is 0.615. The first-order valence-electron chi connectivity index (χ1n) is 6.35. The zero-order valence-corrected chi connectivity index (χ0v) is 12.1. The summed E-state index contributed by atoms with van der Waals surface area (Å²) >= 11 is 0.